The zero-order chi connectivity index (χ0) is 9.12. The van der Waals surface area contributed by atoms with Crippen molar-refractivity contribution in [3.05, 3.63) is 0 Å². The summed E-state index contributed by atoms with van der Waals surface area (Å²) in [5.74, 6) is 0.889. The maximum atomic E-state index is 12.9. The molecule has 0 aliphatic rings. The number of rotatable bonds is 3. The molecule has 0 aliphatic carbocycles. The minimum atomic E-state index is -1.09. The van der Waals surface area contributed by atoms with Gasteiger partial charge < -0.3 is 0 Å². The smallest absolute Gasteiger partial charge is 0.121 e. The highest BCUT2D eigenvalue weighted by molar-refractivity contribution is 8.00. The average Bonchev–Trinajstić information content (AvgIpc) is 1.55. The van der Waals surface area contributed by atoms with Crippen LogP contribution in [-0.2, 0) is 0 Å². The van der Waals surface area contributed by atoms with E-state index in [-0.39, 0.29) is 4.75 Å². The number of thioether (sulfide) groups is 1. The van der Waals surface area contributed by atoms with E-state index in [4.69, 9.17) is 0 Å². The lowest BCUT2D eigenvalue weighted by Crippen LogP contribution is -2.13. The Morgan fingerprint density at radius 3 is 2.00 bits per heavy atom. The van der Waals surface area contributed by atoms with Crippen molar-refractivity contribution in [3.63, 3.8) is 0 Å². The van der Waals surface area contributed by atoms with Gasteiger partial charge >= 0.3 is 0 Å². The molecular formula is C8H18FPS. The van der Waals surface area contributed by atoms with E-state index in [2.05, 4.69) is 30.0 Å². The van der Waals surface area contributed by atoms with E-state index >= 15 is 0 Å². The quantitative estimate of drug-likeness (QED) is 0.623. The van der Waals surface area contributed by atoms with E-state index in [1.165, 1.54) is 0 Å². The summed E-state index contributed by atoms with van der Waals surface area (Å²) in [6.45, 7) is 8.04. The van der Waals surface area contributed by atoms with E-state index in [0.29, 0.717) is 6.42 Å². The summed E-state index contributed by atoms with van der Waals surface area (Å²) in [6, 6.07) is 0. The minimum Gasteiger partial charge on any atom is -0.240 e. The van der Waals surface area contributed by atoms with Crippen LogP contribution < -0.4 is 0 Å². The first-order valence-electron chi connectivity index (χ1n) is 3.82. The maximum Gasteiger partial charge on any atom is 0.121 e. The van der Waals surface area contributed by atoms with Crippen LogP contribution in [0.5, 0.6) is 0 Å². The normalized spacial score (nSPS) is 18.0. The Kier molecular flexibility index (Phi) is 4.36. The van der Waals surface area contributed by atoms with Crippen LogP contribution in [0, 0.1) is 0 Å². The van der Waals surface area contributed by atoms with Crippen LogP contribution in [0.4, 0.5) is 4.39 Å². The molecule has 68 valence electrons. The summed E-state index contributed by atoms with van der Waals surface area (Å²) in [5.41, 5.74) is 0. The zero-order valence-electron chi connectivity index (χ0n) is 7.78. The fourth-order valence-corrected chi connectivity index (χ4v) is 2.02. The van der Waals surface area contributed by atoms with E-state index in [0.717, 1.165) is 5.75 Å². The molecule has 0 nitrogen and oxygen atoms in total. The lowest BCUT2D eigenvalue weighted by Gasteiger charge is -2.20. The molecule has 2 unspecified atom stereocenters. The first kappa shape index (κ1) is 11.7. The molecule has 0 heterocycles. The molecule has 0 aromatic heterocycles. The van der Waals surface area contributed by atoms with Crippen molar-refractivity contribution in [1.82, 2.24) is 0 Å². The van der Waals surface area contributed by atoms with E-state index in [1.54, 1.807) is 6.92 Å². The third kappa shape index (κ3) is 10.7. The maximum absolute atomic E-state index is 12.9. The summed E-state index contributed by atoms with van der Waals surface area (Å²) in [6.07, 6.45) is 0.611. The van der Waals surface area contributed by atoms with E-state index in [1.807, 2.05) is 11.8 Å². The van der Waals surface area contributed by atoms with Crippen LogP contribution in [0.3, 0.4) is 0 Å². The molecule has 3 heteroatoms. The van der Waals surface area contributed by atoms with Gasteiger partial charge in [-0.2, -0.15) is 11.8 Å². The van der Waals surface area contributed by atoms with Gasteiger partial charge in [-0.3, -0.25) is 0 Å². The Balaban J connectivity index is 3.44. The highest BCUT2D eigenvalue weighted by Gasteiger charge is 2.17. The molecule has 0 amide bonds. The van der Waals surface area contributed by atoms with Crippen LogP contribution in [0.2, 0.25) is 0 Å². The van der Waals surface area contributed by atoms with Gasteiger partial charge in [0.1, 0.15) is 5.41 Å². The Hall–Kier alpha value is 0.710. The monoisotopic (exact) mass is 196 g/mol. The Morgan fingerprint density at radius 2 is 1.73 bits per heavy atom. The summed E-state index contributed by atoms with van der Waals surface area (Å²) in [5, 5.41) is -1.09. The Bertz CT molecular complexity index is 98.2. The summed E-state index contributed by atoms with van der Waals surface area (Å²) in [4.78, 5) is 0. The number of hydrogen-bond acceptors (Lipinski definition) is 1. The van der Waals surface area contributed by atoms with Gasteiger partial charge in [0.2, 0.25) is 0 Å². The molecule has 0 saturated heterocycles. The van der Waals surface area contributed by atoms with Gasteiger partial charge in [-0.1, -0.05) is 30.0 Å². The molecule has 0 radical (unpaired) electrons. The number of alkyl halides is 1. The summed E-state index contributed by atoms with van der Waals surface area (Å²) < 4.78 is 13.2. The molecule has 11 heavy (non-hydrogen) atoms. The molecule has 2 atom stereocenters. The second-order valence-electron chi connectivity index (χ2n) is 3.99. The summed E-state index contributed by atoms with van der Waals surface area (Å²) >= 11 is 1.81. The minimum absolute atomic E-state index is 0.260. The predicted octanol–water partition coefficient (Wildman–Crippen LogP) is 3.47. The van der Waals surface area contributed by atoms with Crippen molar-refractivity contribution in [1.29, 1.82) is 0 Å². The van der Waals surface area contributed by atoms with Crippen molar-refractivity contribution < 1.29 is 4.39 Å². The van der Waals surface area contributed by atoms with Gasteiger partial charge in [0.05, 0.1) is 0 Å². The lowest BCUT2D eigenvalue weighted by molar-refractivity contribution is 0.308. The van der Waals surface area contributed by atoms with Gasteiger partial charge in [-0.15, -0.1) is 0 Å². The number of halogens is 1. The van der Waals surface area contributed by atoms with Crippen molar-refractivity contribution in [2.45, 2.75) is 44.3 Å². The van der Waals surface area contributed by atoms with E-state index < -0.39 is 5.41 Å². The molecule has 0 aliphatic heterocycles. The van der Waals surface area contributed by atoms with Gasteiger partial charge in [0.15, 0.2) is 0 Å². The Morgan fingerprint density at radius 1 is 1.27 bits per heavy atom. The van der Waals surface area contributed by atoms with Crippen LogP contribution in [0.15, 0.2) is 0 Å². The van der Waals surface area contributed by atoms with Gasteiger partial charge in [-0.05, 0) is 19.1 Å². The zero-order valence-corrected chi connectivity index (χ0v) is 9.75. The molecule has 0 aromatic rings. The molecule has 0 saturated carbocycles. The molecule has 0 bridgehead atoms. The molecule has 0 spiro atoms. The first-order valence-corrected chi connectivity index (χ1v) is 5.39. The van der Waals surface area contributed by atoms with Crippen LogP contribution in [0.25, 0.3) is 0 Å². The number of hydrogen-bond donors (Lipinski definition) is 0. The van der Waals surface area contributed by atoms with Crippen LogP contribution >= 0.6 is 21.0 Å². The van der Waals surface area contributed by atoms with Crippen molar-refractivity contribution in [3.8, 4) is 0 Å². The van der Waals surface area contributed by atoms with Gasteiger partial charge in [0, 0.05) is 4.75 Å². The molecule has 0 fully saturated rings. The standard InChI is InChI=1S/C8H18FPS/c1-7(2,3)11-6-5-8(4,9)10/h5-6,10H2,1-4H3. The third-order valence-corrected chi connectivity index (χ3v) is 2.69. The molecule has 0 rings (SSSR count). The average molecular weight is 196 g/mol. The fraction of sp³-hybridized carbons (Fsp3) is 1.00. The van der Waals surface area contributed by atoms with Gasteiger partial charge in [0.25, 0.3) is 0 Å². The first-order chi connectivity index (χ1) is 4.71. The highest BCUT2D eigenvalue weighted by atomic mass is 32.2. The van der Waals surface area contributed by atoms with Crippen LogP contribution in [-0.4, -0.2) is 15.9 Å². The van der Waals surface area contributed by atoms with E-state index in [9.17, 15) is 4.39 Å². The SMILES string of the molecule is CC(F)(P)CCSC(C)(C)C. The topological polar surface area (TPSA) is 0 Å². The molecule has 0 N–H and O–H groups in total. The molecule has 0 aromatic carbocycles. The van der Waals surface area contributed by atoms with Crippen molar-refractivity contribution in [2.75, 3.05) is 5.75 Å². The lowest BCUT2D eigenvalue weighted by atomic mass is 10.3. The third-order valence-electron chi connectivity index (χ3n) is 1.13. The van der Waals surface area contributed by atoms with Crippen molar-refractivity contribution in [2.24, 2.45) is 0 Å². The van der Waals surface area contributed by atoms with Crippen molar-refractivity contribution >= 4 is 21.0 Å². The summed E-state index contributed by atoms with van der Waals surface area (Å²) in [7, 11) is 2.23. The highest BCUT2D eigenvalue weighted by Crippen LogP contribution is 2.30. The fourth-order valence-electron chi connectivity index (χ4n) is 0.557. The van der Waals surface area contributed by atoms with Crippen LogP contribution in [0.1, 0.15) is 34.1 Å². The molecular weight excluding hydrogens is 178 g/mol. The second kappa shape index (κ2) is 4.09. The largest absolute Gasteiger partial charge is 0.240 e. The second-order valence-corrected chi connectivity index (χ2v) is 7.11. The van der Waals surface area contributed by atoms with Gasteiger partial charge in [-0.25, -0.2) is 4.39 Å². The Labute approximate surface area is 75.9 Å². The predicted molar refractivity (Wildman–Crippen MR) is 56.1 cm³/mol.